The third-order valence-electron chi connectivity index (χ3n) is 4.25. The monoisotopic (exact) mass is 517 g/mol. The zero-order valence-corrected chi connectivity index (χ0v) is 19.0. The molecule has 0 heterocycles. The van der Waals surface area contributed by atoms with Crippen molar-refractivity contribution in [1.29, 1.82) is 0 Å². The van der Waals surface area contributed by atoms with E-state index in [2.05, 4.69) is 31.9 Å². The van der Waals surface area contributed by atoms with Crippen molar-refractivity contribution in [1.82, 2.24) is 0 Å². The van der Waals surface area contributed by atoms with Crippen molar-refractivity contribution in [2.24, 2.45) is 0 Å². The van der Waals surface area contributed by atoms with Crippen LogP contribution in [0.1, 0.15) is 20.7 Å². The van der Waals surface area contributed by atoms with Crippen LogP contribution in [-0.2, 0) is 0 Å². The highest BCUT2D eigenvalue weighted by molar-refractivity contribution is 9.10. The van der Waals surface area contributed by atoms with Crippen molar-refractivity contribution in [3.8, 4) is 5.75 Å². The van der Waals surface area contributed by atoms with Crippen molar-refractivity contribution in [2.45, 2.75) is 0 Å². The van der Waals surface area contributed by atoms with Crippen LogP contribution in [0.3, 0.4) is 0 Å². The molecule has 0 fully saturated rings. The van der Waals surface area contributed by atoms with Crippen molar-refractivity contribution in [3.05, 3.63) is 81.3 Å². The number of ether oxygens (including phenoxy) is 1. The van der Waals surface area contributed by atoms with Gasteiger partial charge in [-0.25, -0.2) is 9.59 Å². The van der Waals surface area contributed by atoms with Crippen LogP contribution in [0.5, 0.6) is 5.75 Å². The van der Waals surface area contributed by atoms with Crippen molar-refractivity contribution >= 4 is 62.5 Å². The van der Waals surface area contributed by atoms with Crippen LogP contribution in [0.15, 0.2) is 65.1 Å². The fourth-order valence-electron chi connectivity index (χ4n) is 2.80. The molecular formula is C22H17BrClN3O5. The predicted octanol–water partition coefficient (Wildman–Crippen LogP) is 5.71. The Morgan fingerprint density at radius 1 is 0.938 bits per heavy atom. The molecule has 3 rings (SSSR count). The lowest BCUT2D eigenvalue weighted by Gasteiger charge is -2.12. The molecule has 0 unspecified atom stereocenters. The Balaban J connectivity index is 1.73. The fourth-order valence-corrected chi connectivity index (χ4v) is 3.33. The van der Waals surface area contributed by atoms with E-state index < -0.39 is 17.9 Å². The zero-order valence-electron chi connectivity index (χ0n) is 16.6. The van der Waals surface area contributed by atoms with Crippen LogP contribution in [0.2, 0.25) is 5.02 Å². The van der Waals surface area contributed by atoms with Gasteiger partial charge in [0.15, 0.2) is 0 Å². The summed E-state index contributed by atoms with van der Waals surface area (Å²) >= 11 is 9.18. The van der Waals surface area contributed by atoms with Crippen molar-refractivity contribution < 1.29 is 24.2 Å². The minimum absolute atomic E-state index is 0.0585. The van der Waals surface area contributed by atoms with Crippen LogP contribution >= 0.6 is 27.5 Å². The number of hydrogen-bond donors (Lipinski definition) is 4. The SMILES string of the molecule is COc1ccc(Cl)cc1NC(=O)Nc1cccc(C(=O)Nc2ccc(Br)cc2C(=O)O)c1. The van der Waals surface area contributed by atoms with Gasteiger partial charge in [-0.2, -0.15) is 0 Å². The van der Waals surface area contributed by atoms with Crippen LogP contribution in [0.4, 0.5) is 21.9 Å². The van der Waals surface area contributed by atoms with Gasteiger partial charge >= 0.3 is 12.0 Å². The number of nitrogens with one attached hydrogen (secondary N) is 3. The number of carbonyl (C=O) groups excluding carboxylic acids is 2. The number of rotatable bonds is 6. The predicted molar refractivity (Wildman–Crippen MR) is 126 cm³/mol. The molecule has 10 heteroatoms. The second kappa shape index (κ2) is 10.2. The lowest BCUT2D eigenvalue weighted by atomic mass is 10.1. The summed E-state index contributed by atoms with van der Waals surface area (Å²) in [6.45, 7) is 0. The molecular weight excluding hydrogens is 502 g/mol. The Labute approximate surface area is 196 Å². The summed E-state index contributed by atoms with van der Waals surface area (Å²) in [5, 5.41) is 17.6. The number of halogens is 2. The second-order valence-corrected chi connectivity index (χ2v) is 7.81. The highest BCUT2D eigenvalue weighted by Gasteiger charge is 2.15. The number of carboxylic acids is 1. The van der Waals surface area contributed by atoms with Gasteiger partial charge < -0.3 is 25.8 Å². The fraction of sp³-hybridized carbons (Fsp3) is 0.0455. The molecule has 0 aliphatic rings. The number of amides is 3. The molecule has 0 aromatic heterocycles. The summed E-state index contributed by atoms with van der Waals surface area (Å²) in [5.41, 5.74) is 1.04. The smallest absolute Gasteiger partial charge is 0.337 e. The molecule has 0 bridgehead atoms. The molecule has 3 amide bonds. The average Bonchev–Trinajstić information content (AvgIpc) is 2.75. The first-order chi connectivity index (χ1) is 15.3. The van der Waals surface area contributed by atoms with Gasteiger partial charge in [-0.05, 0) is 54.6 Å². The standard InChI is InChI=1S/C22H17BrClN3O5/c1-32-19-8-6-14(24)11-18(19)27-22(31)25-15-4-2-3-12(9-15)20(28)26-17-7-5-13(23)10-16(17)21(29)30/h2-11H,1H3,(H,26,28)(H,29,30)(H2,25,27,31). The highest BCUT2D eigenvalue weighted by Crippen LogP contribution is 2.28. The van der Waals surface area contributed by atoms with Gasteiger partial charge in [0, 0.05) is 20.7 Å². The second-order valence-electron chi connectivity index (χ2n) is 6.45. The molecule has 0 aliphatic heterocycles. The Bertz CT molecular complexity index is 1200. The van der Waals surface area contributed by atoms with Crippen LogP contribution in [0, 0.1) is 0 Å². The number of carbonyl (C=O) groups is 3. The molecule has 3 aromatic carbocycles. The number of methoxy groups -OCH3 is 1. The number of aromatic carboxylic acids is 1. The third-order valence-corrected chi connectivity index (χ3v) is 4.98. The Kier molecular flexibility index (Phi) is 7.34. The average molecular weight is 519 g/mol. The number of carboxylic acid groups (broad SMARTS) is 1. The Hall–Kier alpha value is -3.56. The zero-order chi connectivity index (χ0) is 23.3. The summed E-state index contributed by atoms with van der Waals surface area (Å²) in [7, 11) is 1.47. The summed E-state index contributed by atoms with van der Waals surface area (Å²) in [6.07, 6.45) is 0. The van der Waals surface area contributed by atoms with Crippen molar-refractivity contribution in [2.75, 3.05) is 23.1 Å². The minimum Gasteiger partial charge on any atom is -0.495 e. The largest absolute Gasteiger partial charge is 0.495 e. The van der Waals surface area contributed by atoms with E-state index in [0.29, 0.717) is 26.6 Å². The van der Waals surface area contributed by atoms with E-state index in [9.17, 15) is 19.5 Å². The topological polar surface area (TPSA) is 117 Å². The minimum atomic E-state index is -1.18. The maximum atomic E-state index is 12.6. The number of urea groups is 1. The van der Waals surface area contributed by atoms with E-state index in [0.717, 1.165) is 0 Å². The van der Waals surface area contributed by atoms with Gasteiger partial charge in [-0.1, -0.05) is 33.6 Å². The maximum Gasteiger partial charge on any atom is 0.337 e. The van der Waals surface area contributed by atoms with Gasteiger partial charge in [0.1, 0.15) is 5.75 Å². The van der Waals surface area contributed by atoms with E-state index in [1.54, 1.807) is 36.4 Å². The third kappa shape index (κ3) is 5.77. The molecule has 8 nitrogen and oxygen atoms in total. The molecule has 0 saturated carbocycles. The van der Waals surface area contributed by atoms with E-state index in [-0.39, 0.29) is 16.8 Å². The molecule has 32 heavy (non-hydrogen) atoms. The summed E-state index contributed by atoms with van der Waals surface area (Å²) < 4.78 is 5.76. The molecule has 164 valence electrons. The molecule has 0 saturated heterocycles. The molecule has 0 atom stereocenters. The lowest BCUT2D eigenvalue weighted by Crippen LogP contribution is -2.20. The summed E-state index contributed by atoms with van der Waals surface area (Å²) in [5.74, 6) is -1.28. The van der Waals surface area contributed by atoms with Crippen molar-refractivity contribution in [3.63, 3.8) is 0 Å². The van der Waals surface area contributed by atoms with E-state index >= 15 is 0 Å². The number of hydrogen-bond acceptors (Lipinski definition) is 4. The van der Waals surface area contributed by atoms with Gasteiger partial charge in [0.25, 0.3) is 5.91 Å². The van der Waals surface area contributed by atoms with Gasteiger partial charge in [0.2, 0.25) is 0 Å². The first-order valence-electron chi connectivity index (χ1n) is 9.12. The first kappa shape index (κ1) is 23.1. The normalized spacial score (nSPS) is 10.2. The summed E-state index contributed by atoms with van der Waals surface area (Å²) in [4.78, 5) is 36.5. The van der Waals surface area contributed by atoms with E-state index in [4.69, 9.17) is 16.3 Å². The molecule has 4 N–H and O–H groups in total. The molecule has 0 radical (unpaired) electrons. The summed E-state index contributed by atoms with van der Waals surface area (Å²) in [6, 6.07) is 14.9. The number of anilines is 3. The maximum absolute atomic E-state index is 12.6. The Morgan fingerprint density at radius 2 is 1.72 bits per heavy atom. The van der Waals surface area contributed by atoms with E-state index in [1.165, 1.54) is 31.4 Å². The molecule has 0 spiro atoms. The van der Waals surface area contributed by atoms with Gasteiger partial charge in [-0.15, -0.1) is 0 Å². The highest BCUT2D eigenvalue weighted by atomic mass is 79.9. The first-order valence-corrected chi connectivity index (χ1v) is 10.3. The van der Waals surface area contributed by atoms with Gasteiger partial charge in [-0.3, -0.25) is 4.79 Å². The number of benzene rings is 3. The van der Waals surface area contributed by atoms with E-state index in [1.807, 2.05) is 0 Å². The van der Waals surface area contributed by atoms with Crippen LogP contribution in [0.25, 0.3) is 0 Å². The van der Waals surface area contributed by atoms with Crippen LogP contribution < -0.4 is 20.7 Å². The lowest BCUT2D eigenvalue weighted by molar-refractivity contribution is 0.0698. The molecule has 0 aliphatic carbocycles. The van der Waals surface area contributed by atoms with Crippen LogP contribution in [-0.4, -0.2) is 30.1 Å². The molecule has 3 aromatic rings. The quantitative estimate of drug-likeness (QED) is 0.334. The van der Waals surface area contributed by atoms with Gasteiger partial charge in [0.05, 0.1) is 24.0 Å². The Morgan fingerprint density at radius 3 is 2.44 bits per heavy atom.